The molecule has 4 heteroatoms. The lowest BCUT2D eigenvalue weighted by atomic mass is 9.33. The van der Waals surface area contributed by atoms with Crippen LogP contribution in [0.5, 0.6) is 0 Å². The number of benzene rings is 7. The third-order valence-corrected chi connectivity index (χ3v) is 11.5. The van der Waals surface area contributed by atoms with Crippen LogP contribution in [0.15, 0.2) is 146 Å². The van der Waals surface area contributed by atoms with Gasteiger partial charge in [0.15, 0.2) is 0 Å². The number of nitrogens with zero attached hydrogens (tertiary/aromatic N) is 3. The monoisotopic (exact) mass is 713 g/mol. The summed E-state index contributed by atoms with van der Waals surface area (Å²) in [6.07, 6.45) is 0. The molecule has 0 spiro atoms. The summed E-state index contributed by atoms with van der Waals surface area (Å²) in [6, 6.07) is 55.0. The summed E-state index contributed by atoms with van der Waals surface area (Å²) in [7, 11) is 0. The highest BCUT2D eigenvalue weighted by atomic mass is 15.2. The number of hydrogen-bond donors (Lipinski definition) is 0. The van der Waals surface area contributed by atoms with E-state index in [1.807, 2.05) is 0 Å². The maximum atomic E-state index is 2.52. The molecule has 0 saturated heterocycles. The normalized spacial score (nSPS) is 13.0. The van der Waals surface area contributed by atoms with Crippen LogP contribution in [0, 0.1) is 34.6 Å². The lowest BCUT2D eigenvalue weighted by molar-refractivity contribution is 0.591. The minimum atomic E-state index is -0.00202. The highest BCUT2D eigenvalue weighted by molar-refractivity contribution is 7.00. The fourth-order valence-electron chi connectivity index (χ4n) is 8.51. The Bertz CT molecular complexity index is 2520. The topological polar surface area (TPSA) is 9.72 Å². The Morgan fingerprint density at radius 2 is 0.855 bits per heavy atom. The fraction of sp³-hybridized carbons (Fsp3) is 0.176. The second-order valence-electron chi connectivity index (χ2n) is 16.8. The molecule has 0 aromatic heterocycles. The molecule has 7 aromatic rings. The molecule has 3 nitrogen and oxygen atoms in total. The number of fused-ring (bicyclic) bond motifs is 4. The van der Waals surface area contributed by atoms with Crippen molar-refractivity contribution in [1.29, 1.82) is 0 Å². The first kappa shape index (κ1) is 34.8. The summed E-state index contributed by atoms with van der Waals surface area (Å²) in [4.78, 5) is 7.43. The van der Waals surface area contributed by atoms with Gasteiger partial charge in [0.05, 0.1) is 0 Å². The van der Waals surface area contributed by atoms with Crippen LogP contribution in [-0.2, 0) is 5.41 Å². The van der Waals surface area contributed by atoms with Crippen molar-refractivity contribution in [2.24, 2.45) is 0 Å². The lowest BCUT2D eigenvalue weighted by Gasteiger charge is -2.45. The molecule has 0 bridgehead atoms. The van der Waals surface area contributed by atoms with Gasteiger partial charge in [-0.2, -0.15) is 0 Å². The molecule has 2 aliphatic heterocycles. The van der Waals surface area contributed by atoms with E-state index in [-0.39, 0.29) is 12.1 Å². The maximum Gasteiger partial charge on any atom is 0.252 e. The summed E-state index contributed by atoms with van der Waals surface area (Å²) in [5, 5.41) is 0. The van der Waals surface area contributed by atoms with E-state index < -0.39 is 0 Å². The molecule has 2 aliphatic rings. The van der Waals surface area contributed by atoms with E-state index in [1.54, 1.807) is 0 Å². The summed E-state index contributed by atoms with van der Waals surface area (Å²) in [5.74, 6) is 0. The van der Waals surface area contributed by atoms with Gasteiger partial charge >= 0.3 is 0 Å². The molecular formula is C51H48BN3. The Kier molecular flexibility index (Phi) is 8.27. The zero-order valence-electron chi connectivity index (χ0n) is 33.3. The molecule has 0 N–H and O–H groups in total. The van der Waals surface area contributed by atoms with E-state index in [4.69, 9.17) is 0 Å². The summed E-state index contributed by atoms with van der Waals surface area (Å²) in [5.41, 5.74) is 22.2. The first-order valence-corrected chi connectivity index (χ1v) is 19.5. The summed E-state index contributed by atoms with van der Waals surface area (Å²) in [6.45, 7) is 17.9. The molecule has 2 heterocycles. The van der Waals surface area contributed by atoms with Gasteiger partial charge < -0.3 is 14.7 Å². The third-order valence-electron chi connectivity index (χ3n) is 11.5. The van der Waals surface area contributed by atoms with Crippen molar-refractivity contribution in [2.45, 2.75) is 60.8 Å². The van der Waals surface area contributed by atoms with Crippen LogP contribution in [-0.4, -0.2) is 6.71 Å². The zero-order valence-corrected chi connectivity index (χ0v) is 33.3. The molecule has 55 heavy (non-hydrogen) atoms. The molecule has 0 unspecified atom stereocenters. The maximum absolute atomic E-state index is 2.52. The van der Waals surface area contributed by atoms with E-state index in [0.29, 0.717) is 0 Å². The van der Waals surface area contributed by atoms with Crippen LogP contribution in [0.1, 0.15) is 54.2 Å². The number of anilines is 9. The molecule has 0 aliphatic carbocycles. The van der Waals surface area contributed by atoms with Crippen molar-refractivity contribution in [3.63, 3.8) is 0 Å². The molecule has 270 valence electrons. The standard InChI is InChI=1S/C51H48BN3/c1-33-9-18-39(19-10-33)53(40-20-11-34(2)12-21-40)43-26-27-44-47(32-43)55(42-24-15-36(4)16-25-42)49-30-37(5)29-48-50(49)52(44)45-31-38(51(6,7)8)17-28-46(45)54(48)41-22-13-35(3)14-23-41/h9-32H,1-8H3. The van der Waals surface area contributed by atoms with Gasteiger partial charge in [0.25, 0.3) is 6.71 Å². The lowest BCUT2D eigenvalue weighted by Crippen LogP contribution is -2.61. The second-order valence-corrected chi connectivity index (χ2v) is 16.8. The zero-order chi connectivity index (χ0) is 38.2. The van der Waals surface area contributed by atoms with E-state index in [0.717, 1.165) is 22.7 Å². The van der Waals surface area contributed by atoms with Crippen molar-refractivity contribution >= 4 is 74.3 Å². The molecule has 0 atom stereocenters. The van der Waals surface area contributed by atoms with Crippen molar-refractivity contribution in [3.05, 3.63) is 179 Å². The van der Waals surface area contributed by atoms with Crippen LogP contribution in [0.25, 0.3) is 0 Å². The molecule has 0 saturated carbocycles. The van der Waals surface area contributed by atoms with E-state index in [1.165, 1.54) is 78.2 Å². The minimum Gasteiger partial charge on any atom is -0.311 e. The number of aryl methyl sites for hydroxylation is 5. The quantitative estimate of drug-likeness (QED) is 0.164. The summed E-state index contributed by atoms with van der Waals surface area (Å²) >= 11 is 0. The van der Waals surface area contributed by atoms with Crippen LogP contribution in [0.4, 0.5) is 51.2 Å². The van der Waals surface area contributed by atoms with Crippen molar-refractivity contribution in [2.75, 3.05) is 14.7 Å². The van der Waals surface area contributed by atoms with Crippen molar-refractivity contribution < 1.29 is 0 Å². The van der Waals surface area contributed by atoms with Gasteiger partial charge in [0.1, 0.15) is 0 Å². The minimum absolute atomic E-state index is 0.00202. The highest BCUT2D eigenvalue weighted by Crippen LogP contribution is 2.46. The molecule has 0 radical (unpaired) electrons. The van der Waals surface area contributed by atoms with Gasteiger partial charge in [-0.15, -0.1) is 0 Å². The van der Waals surface area contributed by atoms with E-state index in [2.05, 4.69) is 216 Å². The first-order chi connectivity index (χ1) is 26.4. The number of hydrogen-bond acceptors (Lipinski definition) is 3. The highest BCUT2D eigenvalue weighted by Gasteiger charge is 2.44. The second kappa shape index (κ2) is 13.1. The largest absolute Gasteiger partial charge is 0.311 e. The van der Waals surface area contributed by atoms with Gasteiger partial charge in [0.2, 0.25) is 0 Å². The van der Waals surface area contributed by atoms with Gasteiger partial charge in [-0.1, -0.05) is 110 Å². The van der Waals surface area contributed by atoms with Gasteiger partial charge in [0, 0.05) is 51.2 Å². The third kappa shape index (κ3) is 6.01. The van der Waals surface area contributed by atoms with Crippen molar-refractivity contribution in [3.8, 4) is 0 Å². The Labute approximate surface area is 327 Å². The van der Waals surface area contributed by atoms with Crippen LogP contribution < -0.4 is 31.1 Å². The Balaban J connectivity index is 1.35. The Morgan fingerprint density at radius 1 is 0.400 bits per heavy atom. The summed E-state index contributed by atoms with van der Waals surface area (Å²) < 4.78 is 0. The van der Waals surface area contributed by atoms with E-state index >= 15 is 0 Å². The molecule has 0 fully saturated rings. The molecule has 9 rings (SSSR count). The smallest absolute Gasteiger partial charge is 0.252 e. The Morgan fingerprint density at radius 3 is 1.35 bits per heavy atom. The first-order valence-electron chi connectivity index (χ1n) is 19.5. The fourth-order valence-corrected chi connectivity index (χ4v) is 8.51. The predicted octanol–water partition coefficient (Wildman–Crippen LogP) is 12.1. The SMILES string of the molecule is Cc1ccc(N(c2ccc(C)cc2)c2ccc3c(c2)N(c2ccc(C)cc2)c2cc(C)cc4c2B3c2cc(C(C)(C)C)ccc2N4c2ccc(C)cc2)cc1. The van der Waals surface area contributed by atoms with Crippen molar-refractivity contribution in [1.82, 2.24) is 0 Å². The average Bonchev–Trinajstić information content (AvgIpc) is 3.16. The Hall–Kier alpha value is -6.00. The van der Waals surface area contributed by atoms with E-state index in [9.17, 15) is 0 Å². The van der Waals surface area contributed by atoms with Gasteiger partial charge in [-0.05, 0) is 146 Å². The van der Waals surface area contributed by atoms with Crippen LogP contribution >= 0.6 is 0 Å². The molecule has 7 aromatic carbocycles. The number of rotatable bonds is 5. The van der Waals surface area contributed by atoms with Gasteiger partial charge in [-0.25, -0.2) is 0 Å². The molecule has 0 amide bonds. The molecular weight excluding hydrogens is 665 g/mol. The predicted molar refractivity (Wildman–Crippen MR) is 238 cm³/mol. The van der Waals surface area contributed by atoms with Crippen LogP contribution in [0.3, 0.4) is 0 Å². The van der Waals surface area contributed by atoms with Crippen LogP contribution in [0.2, 0.25) is 0 Å². The van der Waals surface area contributed by atoms with Gasteiger partial charge in [-0.3, -0.25) is 0 Å². The average molecular weight is 714 g/mol.